The Bertz CT molecular complexity index is 1790. The quantitative estimate of drug-likeness (QED) is 0.123. The van der Waals surface area contributed by atoms with Crippen molar-refractivity contribution in [3.8, 4) is 11.6 Å². The largest absolute Gasteiger partial charge is 0.508 e. The molecule has 4 atom stereocenters. The summed E-state index contributed by atoms with van der Waals surface area (Å²) in [4.78, 5) is 34.4. The first kappa shape index (κ1) is 38.4. The topological polar surface area (TPSA) is 115 Å². The molecule has 0 unspecified atom stereocenters. The lowest BCUT2D eigenvalue weighted by Crippen LogP contribution is -2.65. The van der Waals surface area contributed by atoms with Gasteiger partial charge in [0, 0.05) is 47.8 Å². The van der Waals surface area contributed by atoms with Crippen molar-refractivity contribution in [2.24, 2.45) is 11.8 Å². The van der Waals surface area contributed by atoms with Crippen molar-refractivity contribution in [2.45, 2.75) is 116 Å². The molecule has 1 N–H and O–H groups in total. The second-order valence-corrected chi connectivity index (χ2v) is 21.4. The Kier molecular flexibility index (Phi) is 10.5. The van der Waals surface area contributed by atoms with Crippen LogP contribution in [0.1, 0.15) is 116 Å². The Morgan fingerprint density at radius 2 is 1.73 bits per heavy atom. The maximum atomic E-state index is 16.8. The van der Waals surface area contributed by atoms with Gasteiger partial charge in [0.05, 0.1) is 24.8 Å². The first-order valence-corrected chi connectivity index (χ1v) is 21.8. The lowest BCUT2D eigenvalue weighted by molar-refractivity contribution is -0.0481. The van der Waals surface area contributed by atoms with Gasteiger partial charge in [0.1, 0.15) is 22.9 Å². The normalized spacial score (nSPS) is 24.4. The van der Waals surface area contributed by atoms with Crippen molar-refractivity contribution < 1.29 is 37.5 Å². The molecule has 0 fully saturated rings. The summed E-state index contributed by atoms with van der Waals surface area (Å²) in [6.07, 6.45) is 5.50. The zero-order valence-electron chi connectivity index (χ0n) is 32.4. The lowest BCUT2D eigenvalue weighted by atomic mass is 9.58. The molecular weight excluding hydrogens is 682 g/mol. The molecular formula is C40H56FN3O7Si. The predicted octanol–water partition coefficient (Wildman–Crippen LogP) is 8.12. The third-order valence-corrected chi connectivity index (χ3v) is 16.5. The van der Waals surface area contributed by atoms with Gasteiger partial charge in [-0.25, -0.2) is 4.39 Å². The highest BCUT2D eigenvalue weighted by molar-refractivity contribution is 6.74. The molecule has 1 aromatic carbocycles. The fraction of sp³-hybridized carbons (Fsp3) is 0.625. The Labute approximate surface area is 308 Å². The summed E-state index contributed by atoms with van der Waals surface area (Å²) >= 11 is 0. The number of nitrogens with zero attached hydrogens (tertiary/aromatic N) is 3. The summed E-state index contributed by atoms with van der Waals surface area (Å²) in [5.74, 6) is -2.30. The molecule has 2 aromatic rings. The van der Waals surface area contributed by atoms with Crippen molar-refractivity contribution in [1.29, 1.82) is 0 Å². The molecule has 6 rings (SSSR count). The van der Waals surface area contributed by atoms with E-state index in [1.54, 1.807) is 6.08 Å². The number of unbranched alkanes of at least 4 members (excludes halogenated alkanes) is 2. The summed E-state index contributed by atoms with van der Waals surface area (Å²) < 4.78 is 42.4. The number of hydrogen-bond donors (Lipinski definition) is 1. The molecule has 0 spiro atoms. The van der Waals surface area contributed by atoms with Gasteiger partial charge in [0.25, 0.3) is 5.88 Å². The predicted molar refractivity (Wildman–Crippen MR) is 199 cm³/mol. The van der Waals surface area contributed by atoms with E-state index in [9.17, 15) is 5.11 Å². The minimum absolute atomic E-state index is 0.0607. The molecule has 52 heavy (non-hydrogen) atoms. The summed E-state index contributed by atoms with van der Waals surface area (Å²) in [5, 5.41) is 16.7. The second kappa shape index (κ2) is 14.2. The maximum Gasteiger partial charge on any atom is 0.265 e. The third-order valence-electron chi connectivity index (χ3n) is 12.0. The van der Waals surface area contributed by atoms with Gasteiger partial charge >= 0.3 is 0 Å². The number of ketones is 2. The Morgan fingerprint density at radius 1 is 1.08 bits per heavy atom. The highest BCUT2D eigenvalue weighted by Gasteiger charge is 2.67. The van der Waals surface area contributed by atoms with Gasteiger partial charge in [-0.15, -0.1) is 6.58 Å². The van der Waals surface area contributed by atoms with Crippen molar-refractivity contribution >= 4 is 19.9 Å². The number of rotatable bonds is 13. The number of Topliss-reactive ketones (excluding diaryl/α,β-unsaturated/α-hetero) is 2. The number of carbonyl (C=O) groups is 2. The Balaban J connectivity index is 1.60. The Morgan fingerprint density at radius 3 is 2.35 bits per heavy atom. The Hall–Kier alpha value is -3.32. The van der Waals surface area contributed by atoms with Crippen LogP contribution in [-0.4, -0.2) is 79.4 Å². The number of allylic oxidation sites excluding steroid dienone is 1. The fourth-order valence-corrected chi connectivity index (χ4v) is 9.80. The number of aliphatic hydroxyl groups is 1. The summed E-state index contributed by atoms with van der Waals surface area (Å²) in [6.45, 7) is 20.3. The van der Waals surface area contributed by atoms with E-state index in [-0.39, 0.29) is 40.5 Å². The number of aliphatic hydroxyl groups excluding tert-OH is 1. The van der Waals surface area contributed by atoms with Crippen LogP contribution >= 0.6 is 0 Å². The molecule has 10 nitrogen and oxygen atoms in total. The first-order chi connectivity index (χ1) is 24.5. The molecule has 4 aliphatic rings. The number of aromatic nitrogens is 1. The van der Waals surface area contributed by atoms with Gasteiger partial charge < -0.3 is 23.5 Å². The molecule has 0 bridgehead atoms. The van der Waals surface area contributed by atoms with Gasteiger partial charge in [-0.3, -0.25) is 19.4 Å². The lowest BCUT2D eigenvalue weighted by Gasteiger charge is -2.55. The monoisotopic (exact) mass is 737 g/mol. The second-order valence-electron chi connectivity index (χ2n) is 16.7. The fourth-order valence-electron chi connectivity index (χ4n) is 8.35. The average molecular weight is 738 g/mol. The van der Waals surface area contributed by atoms with E-state index < -0.39 is 54.9 Å². The highest BCUT2D eigenvalue weighted by Crippen LogP contribution is 2.60. The first-order valence-electron chi connectivity index (χ1n) is 18.9. The average Bonchev–Trinajstić information content (AvgIpc) is 3.68. The minimum atomic E-state index is -2.86. The minimum Gasteiger partial charge on any atom is -0.508 e. The summed E-state index contributed by atoms with van der Waals surface area (Å²) in [5.41, 5.74) is -0.0393. The van der Waals surface area contributed by atoms with Crippen molar-refractivity contribution in [2.75, 3.05) is 33.9 Å². The van der Waals surface area contributed by atoms with Crippen LogP contribution in [0.2, 0.25) is 18.1 Å². The van der Waals surface area contributed by atoms with Crippen LogP contribution in [0.5, 0.6) is 11.6 Å². The van der Waals surface area contributed by atoms with Crippen LogP contribution in [-0.2, 0) is 23.9 Å². The number of ether oxygens (including phenoxy) is 2. The zero-order chi connectivity index (χ0) is 37.9. The van der Waals surface area contributed by atoms with Gasteiger partial charge in [-0.05, 0) is 69.0 Å². The third kappa shape index (κ3) is 5.97. The van der Waals surface area contributed by atoms with E-state index in [0.29, 0.717) is 61.0 Å². The number of carbonyl (C=O) groups excluding carboxylic acids is 2. The van der Waals surface area contributed by atoms with Crippen LogP contribution in [0.15, 0.2) is 28.5 Å². The van der Waals surface area contributed by atoms with E-state index in [1.807, 2.05) is 39.0 Å². The molecule has 3 aliphatic carbocycles. The van der Waals surface area contributed by atoms with Gasteiger partial charge in [0.15, 0.2) is 25.5 Å². The van der Waals surface area contributed by atoms with Crippen LogP contribution in [0.25, 0.3) is 0 Å². The number of hydrogen-bond acceptors (Lipinski definition) is 10. The standard InChI is InChI=1S/C40H56FN3O7Si/c1-11-14-17-48-34-26-22-44(16-13-3)21-25(26)31(41)24-19-23-20-27-32(43(7)8)35-30(38(42-50-35)49-18-15-12-2)37(47)40(27,51-52(9,10)39(4,5)6)36(46)28(23)33(45)29(24)34/h13,23,27,32,46H,3,11-12,14-22H2,1-2,4-10H3/t23-,27-,32-,40-/m0/s1. The van der Waals surface area contributed by atoms with Gasteiger partial charge in [-0.2, -0.15) is 0 Å². The SMILES string of the molecule is C=CCN1Cc2c(F)c3c(c(OCCCC)c2C1)C(=O)C1=C(O)[C@]2(O[Si](C)(C)C(C)(C)C)C(=O)c4c(OCCCC)noc4[C@@H](N(C)C)[C@@H]2C[C@@H]1C3. The van der Waals surface area contributed by atoms with E-state index in [1.165, 1.54) is 0 Å². The molecule has 2 heterocycles. The molecule has 0 radical (unpaired) electrons. The van der Waals surface area contributed by atoms with Gasteiger partial charge in [0.2, 0.25) is 5.78 Å². The molecule has 284 valence electrons. The van der Waals surface area contributed by atoms with Crippen molar-refractivity contribution in [3.05, 3.63) is 63.4 Å². The zero-order valence-corrected chi connectivity index (χ0v) is 33.4. The van der Waals surface area contributed by atoms with E-state index >= 15 is 14.0 Å². The molecule has 0 saturated heterocycles. The van der Waals surface area contributed by atoms with Crippen molar-refractivity contribution in [1.82, 2.24) is 15.0 Å². The van der Waals surface area contributed by atoms with Gasteiger partial charge in [-0.1, -0.05) is 53.5 Å². The molecule has 1 aromatic heterocycles. The highest BCUT2D eigenvalue weighted by atomic mass is 28.4. The summed E-state index contributed by atoms with van der Waals surface area (Å²) in [6, 6.07) is -0.570. The molecule has 0 saturated carbocycles. The van der Waals surface area contributed by atoms with Crippen LogP contribution in [0.4, 0.5) is 4.39 Å². The van der Waals surface area contributed by atoms with Crippen LogP contribution < -0.4 is 9.47 Å². The van der Waals surface area contributed by atoms with E-state index in [4.69, 9.17) is 18.4 Å². The maximum absolute atomic E-state index is 16.8. The summed E-state index contributed by atoms with van der Waals surface area (Å²) in [7, 11) is 0.908. The molecule has 1 aliphatic heterocycles. The smallest absolute Gasteiger partial charge is 0.265 e. The van der Waals surface area contributed by atoms with Crippen LogP contribution in [0.3, 0.4) is 0 Å². The van der Waals surface area contributed by atoms with E-state index in [0.717, 1.165) is 25.7 Å². The number of halogens is 1. The number of benzene rings is 1. The van der Waals surface area contributed by atoms with Crippen LogP contribution in [0, 0.1) is 17.7 Å². The van der Waals surface area contributed by atoms with Crippen molar-refractivity contribution in [3.63, 3.8) is 0 Å². The number of fused-ring (bicyclic) bond motifs is 5. The van der Waals surface area contributed by atoms with E-state index in [2.05, 4.69) is 44.3 Å². The molecule has 0 amide bonds. The molecule has 12 heteroatoms.